The number of aliphatic hydroxyl groups is 1. The fraction of sp³-hybridized carbons (Fsp3) is 0.611. The van der Waals surface area contributed by atoms with E-state index in [9.17, 15) is 14.3 Å². The normalized spacial score (nSPS) is 27.0. The molecule has 0 saturated heterocycles. The molecule has 3 rings (SSSR count). The number of halogens is 1. The SMILES string of the molecule is O=C(NC1CCC(CO)CC1)C1(c2cccc(F)c2)CCC1. The van der Waals surface area contributed by atoms with Gasteiger partial charge < -0.3 is 10.4 Å². The van der Waals surface area contributed by atoms with Crippen molar-refractivity contribution >= 4 is 5.91 Å². The molecule has 1 aromatic carbocycles. The van der Waals surface area contributed by atoms with Gasteiger partial charge in [0.15, 0.2) is 0 Å². The first-order chi connectivity index (χ1) is 10.6. The zero-order chi connectivity index (χ0) is 15.6. The Morgan fingerprint density at radius 2 is 2.00 bits per heavy atom. The summed E-state index contributed by atoms with van der Waals surface area (Å²) in [7, 11) is 0. The molecule has 0 atom stereocenters. The molecule has 2 N–H and O–H groups in total. The van der Waals surface area contributed by atoms with E-state index in [1.807, 2.05) is 6.07 Å². The van der Waals surface area contributed by atoms with E-state index in [2.05, 4.69) is 5.32 Å². The van der Waals surface area contributed by atoms with Gasteiger partial charge >= 0.3 is 0 Å². The third-order valence-electron chi connectivity index (χ3n) is 5.46. The van der Waals surface area contributed by atoms with Crippen LogP contribution in [0.25, 0.3) is 0 Å². The van der Waals surface area contributed by atoms with E-state index >= 15 is 0 Å². The molecule has 2 aliphatic carbocycles. The molecule has 0 aromatic heterocycles. The molecule has 0 aliphatic heterocycles. The fourth-order valence-corrected chi connectivity index (χ4v) is 3.78. The third kappa shape index (κ3) is 2.89. The van der Waals surface area contributed by atoms with Crippen molar-refractivity contribution in [1.82, 2.24) is 5.32 Å². The van der Waals surface area contributed by atoms with Crippen molar-refractivity contribution in [2.24, 2.45) is 5.92 Å². The first kappa shape index (κ1) is 15.5. The van der Waals surface area contributed by atoms with Crippen LogP contribution in [0.2, 0.25) is 0 Å². The summed E-state index contributed by atoms with van der Waals surface area (Å²) in [5.74, 6) is 0.158. The molecule has 1 aromatic rings. The maximum atomic E-state index is 13.5. The third-order valence-corrected chi connectivity index (χ3v) is 5.46. The van der Waals surface area contributed by atoms with Gasteiger partial charge in [-0.15, -0.1) is 0 Å². The summed E-state index contributed by atoms with van der Waals surface area (Å²) in [6.45, 7) is 0.244. The maximum absolute atomic E-state index is 13.5. The van der Waals surface area contributed by atoms with Crippen molar-refractivity contribution in [3.8, 4) is 0 Å². The van der Waals surface area contributed by atoms with E-state index in [4.69, 9.17) is 0 Å². The van der Waals surface area contributed by atoms with Crippen LogP contribution in [0.4, 0.5) is 4.39 Å². The second-order valence-corrected chi connectivity index (χ2v) is 6.82. The summed E-state index contributed by atoms with van der Waals surface area (Å²) in [5, 5.41) is 12.4. The predicted octanol–water partition coefficient (Wildman–Crippen LogP) is 2.91. The summed E-state index contributed by atoms with van der Waals surface area (Å²) in [6.07, 6.45) is 6.40. The number of amides is 1. The molecule has 1 amide bonds. The molecule has 0 unspecified atom stereocenters. The van der Waals surface area contributed by atoms with Gasteiger partial charge in [-0.1, -0.05) is 18.6 Å². The molecule has 0 radical (unpaired) electrons. The summed E-state index contributed by atoms with van der Waals surface area (Å²) in [5.41, 5.74) is 0.274. The molecule has 0 spiro atoms. The Balaban J connectivity index is 1.68. The van der Waals surface area contributed by atoms with E-state index in [-0.39, 0.29) is 24.4 Å². The molecule has 3 nitrogen and oxygen atoms in total. The molecular formula is C18H24FNO2. The quantitative estimate of drug-likeness (QED) is 0.898. The van der Waals surface area contributed by atoms with Crippen LogP contribution in [0.15, 0.2) is 24.3 Å². The zero-order valence-electron chi connectivity index (χ0n) is 12.9. The van der Waals surface area contributed by atoms with Crippen molar-refractivity contribution in [3.63, 3.8) is 0 Å². The van der Waals surface area contributed by atoms with Crippen LogP contribution >= 0.6 is 0 Å². The smallest absolute Gasteiger partial charge is 0.230 e. The number of benzene rings is 1. The molecule has 120 valence electrons. The average molecular weight is 305 g/mol. The Labute approximate surface area is 130 Å². The standard InChI is InChI=1S/C18H24FNO2/c19-15-4-1-3-14(11-15)18(9-2-10-18)17(22)20-16-7-5-13(12-21)6-8-16/h1,3-4,11,13,16,21H,2,5-10,12H2,(H,20,22). The van der Waals surface area contributed by atoms with Crippen LogP contribution in [0.5, 0.6) is 0 Å². The number of rotatable bonds is 4. The number of carbonyl (C=O) groups excluding carboxylic acids is 1. The van der Waals surface area contributed by atoms with Crippen molar-refractivity contribution in [1.29, 1.82) is 0 Å². The van der Waals surface area contributed by atoms with Crippen LogP contribution in [-0.4, -0.2) is 23.7 Å². The minimum absolute atomic E-state index is 0.0526. The van der Waals surface area contributed by atoms with Crippen molar-refractivity contribution < 1.29 is 14.3 Å². The number of carbonyl (C=O) groups is 1. The minimum atomic E-state index is -0.532. The monoisotopic (exact) mass is 305 g/mol. The van der Waals surface area contributed by atoms with E-state index in [0.29, 0.717) is 5.92 Å². The van der Waals surface area contributed by atoms with Crippen LogP contribution in [0.3, 0.4) is 0 Å². The Hall–Kier alpha value is -1.42. The summed E-state index contributed by atoms with van der Waals surface area (Å²) >= 11 is 0. The molecule has 2 fully saturated rings. The molecule has 2 aliphatic rings. The fourth-order valence-electron chi connectivity index (χ4n) is 3.78. The highest BCUT2D eigenvalue weighted by molar-refractivity contribution is 5.89. The number of hydrogen-bond donors (Lipinski definition) is 2. The number of aliphatic hydroxyl groups excluding tert-OH is 1. The highest BCUT2D eigenvalue weighted by Crippen LogP contribution is 2.44. The van der Waals surface area contributed by atoms with E-state index in [1.165, 1.54) is 12.1 Å². The Morgan fingerprint density at radius 1 is 1.27 bits per heavy atom. The minimum Gasteiger partial charge on any atom is -0.396 e. The van der Waals surface area contributed by atoms with Crippen LogP contribution < -0.4 is 5.32 Å². The molecule has 0 heterocycles. The van der Waals surface area contributed by atoms with Gasteiger partial charge in [-0.3, -0.25) is 4.79 Å². The summed E-state index contributed by atoms with van der Waals surface area (Å²) in [6, 6.07) is 6.67. The molecule has 22 heavy (non-hydrogen) atoms. The van der Waals surface area contributed by atoms with Gasteiger partial charge in [0.2, 0.25) is 5.91 Å². The number of nitrogens with one attached hydrogen (secondary N) is 1. The van der Waals surface area contributed by atoms with Gasteiger partial charge in [-0.2, -0.15) is 0 Å². The Morgan fingerprint density at radius 3 is 2.55 bits per heavy atom. The Kier molecular flexibility index (Phi) is 4.48. The van der Waals surface area contributed by atoms with Crippen LogP contribution in [0, 0.1) is 11.7 Å². The lowest BCUT2D eigenvalue weighted by atomic mass is 9.63. The topological polar surface area (TPSA) is 49.3 Å². The lowest BCUT2D eigenvalue weighted by Gasteiger charge is -2.42. The van der Waals surface area contributed by atoms with Gasteiger partial charge in [0.25, 0.3) is 0 Å². The van der Waals surface area contributed by atoms with Gasteiger partial charge in [-0.25, -0.2) is 4.39 Å². The molecule has 0 bridgehead atoms. The van der Waals surface area contributed by atoms with E-state index < -0.39 is 5.41 Å². The second kappa shape index (κ2) is 6.37. The van der Waals surface area contributed by atoms with E-state index in [0.717, 1.165) is 50.5 Å². The van der Waals surface area contributed by atoms with Crippen LogP contribution in [0.1, 0.15) is 50.5 Å². The predicted molar refractivity (Wildman–Crippen MR) is 82.9 cm³/mol. The zero-order valence-corrected chi connectivity index (χ0v) is 12.9. The largest absolute Gasteiger partial charge is 0.396 e. The van der Waals surface area contributed by atoms with Gasteiger partial charge in [0.05, 0.1) is 5.41 Å². The maximum Gasteiger partial charge on any atom is 0.230 e. The van der Waals surface area contributed by atoms with Gasteiger partial charge in [0.1, 0.15) is 5.82 Å². The first-order valence-electron chi connectivity index (χ1n) is 8.32. The summed E-state index contributed by atoms with van der Waals surface area (Å²) in [4.78, 5) is 12.8. The van der Waals surface area contributed by atoms with Crippen LogP contribution in [-0.2, 0) is 10.2 Å². The van der Waals surface area contributed by atoms with Gasteiger partial charge in [-0.05, 0) is 62.1 Å². The number of hydrogen-bond acceptors (Lipinski definition) is 2. The van der Waals surface area contributed by atoms with Crippen molar-refractivity contribution in [2.75, 3.05) is 6.61 Å². The second-order valence-electron chi connectivity index (χ2n) is 6.82. The van der Waals surface area contributed by atoms with Crippen molar-refractivity contribution in [2.45, 2.75) is 56.4 Å². The Bertz CT molecular complexity index is 534. The summed E-state index contributed by atoms with van der Waals surface area (Å²) < 4.78 is 13.5. The lowest BCUT2D eigenvalue weighted by Crippen LogP contribution is -2.52. The highest BCUT2D eigenvalue weighted by Gasteiger charge is 2.46. The average Bonchev–Trinajstić information content (AvgIpc) is 2.47. The molecule has 2 saturated carbocycles. The van der Waals surface area contributed by atoms with Crippen molar-refractivity contribution in [3.05, 3.63) is 35.6 Å². The first-order valence-corrected chi connectivity index (χ1v) is 8.32. The van der Waals surface area contributed by atoms with E-state index in [1.54, 1.807) is 6.07 Å². The molecular weight excluding hydrogens is 281 g/mol. The molecule has 4 heteroatoms. The highest BCUT2D eigenvalue weighted by atomic mass is 19.1. The lowest BCUT2D eigenvalue weighted by molar-refractivity contribution is -0.131. The van der Waals surface area contributed by atoms with Gasteiger partial charge in [0, 0.05) is 12.6 Å².